The summed E-state index contributed by atoms with van der Waals surface area (Å²) in [5.74, 6) is 0.692. The van der Waals surface area contributed by atoms with Crippen LogP contribution in [0.3, 0.4) is 0 Å². The fraction of sp³-hybridized carbons (Fsp3) is 1.00. The lowest BCUT2D eigenvalue weighted by atomic mass is 10.1. The summed E-state index contributed by atoms with van der Waals surface area (Å²) in [6.45, 7) is 4.33. The highest BCUT2D eigenvalue weighted by Crippen LogP contribution is 1.98. The van der Waals surface area contributed by atoms with Crippen molar-refractivity contribution in [1.82, 2.24) is 5.32 Å². The average molecular weight is 116 g/mol. The van der Waals surface area contributed by atoms with Gasteiger partial charge in [0.1, 0.15) is 0 Å². The second kappa shape index (κ2) is 3.87. The molecule has 50 valence electrons. The van der Waals surface area contributed by atoms with Gasteiger partial charge in [0.25, 0.3) is 0 Å². The largest absolute Gasteiger partial charge is 0.316 e. The van der Waals surface area contributed by atoms with Crippen molar-refractivity contribution in [2.45, 2.75) is 26.4 Å². The lowest BCUT2D eigenvalue weighted by Gasteiger charge is -2.11. The van der Waals surface area contributed by atoms with E-state index in [4.69, 9.17) is 5.73 Å². The van der Waals surface area contributed by atoms with E-state index in [1.807, 2.05) is 7.05 Å². The maximum absolute atomic E-state index is 5.56. The summed E-state index contributed by atoms with van der Waals surface area (Å²) in [4.78, 5) is 0. The summed E-state index contributed by atoms with van der Waals surface area (Å²) in [5.41, 5.74) is 5.56. The van der Waals surface area contributed by atoms with E-state index in [1.165, 1.54) is 0 Å². The van der Waals surface area contributed by atoms with Crippen molar-refractivity contribution in [1.29, 1.82) is 0 Å². The van der Waals surface area contributed by atoms with Crippen LogP contribution in [0.2, 0.25) is 0 Å². The molecule has 8 heavy (non-hydrogen) atoms. The minimum atomic E-state index is 0.176. The van der Waals surface area contributed by atoms with Crippen LogP contribution in [0.1, 0.15) is 20.3 Å². The van der Waals surface area contributed by atoms with E-state index in [1.54, 1.807) is 0 Å². The number of nitrogens with one attached hydrogen (secondary N) is 1. The highest BCUT2D eigenvalue weighted by Gasteiger charge is 1.99. The van der Waals surface area contributed by atoms with Gasteiger partial charge < -0.3 is 11.1 Å². The summed E-state index contributed by atoms with van der Waals surface area (Å²) in [6, 6.07) is 0. The number of hydrogen-bond acceptors (Lipinski definition) is 2. The molecule has 0 aromatic heterocycles. The van der Waals surface area contributed by atoms with Gasteiger partial charge in [0.15, 0.2) is 0 Å². The third-order valence-electron chi connectivity index (χ3n) is 1.10. The van der Waals surface area contributed by atoms with Crippen molar-refractivity contribution in [3.8, 4) is 0 Å². The van der Waals surface area contributed by atoms with Gasteiger partial charge in [-0.2, -0.15) is 0 Å². The van der Waals surface area contributed by atoms with E-state index in [-0.39, 0.29) is 6.17 Å². The van der Waals surface area contributed by atoms with E-state index in [2.05, 4.69) is 19.2 Å². The molecular formula is C6H16N2. The molecule has 0 fully saturated rings. The molecule has 0 spiro atoms. The molecule has 0 aliphatic carbocycles. The smallest absolute Gasteiger partial charge is 0.0546 e. The maximum Gasteiger partial charge on any atom is 0.0546 e. The molecule has 0 aliphatic heterocycles. The molecule has 0 heterocycles. The van der Waals surface area contributed by atoms with Gasteiger partial charge in [0, 0.05) is 0 Å². The van der Waals surface area contributed by atoms with Crippen LogP contribution in [0.4, 0.5) is 0 Å². The van der Waals surface area contributed by atoms with Crippen LogP contribution >= 0.6 is 0 Å². The van der Waals surface area contributed by atoms with Crippen LogP contribution in [-0.2, 0) is 0 Å². The van der Waals surface area contributed by atoms with Crippen LogP contribution in [-0.4, -0.2) is 13.2 Å². The predicted octanol–water partition coefficient (Wildman–Crippen LogP) is 0.537. The zero-order valence-electron chi connectivity index (χ0n) is 5.94. The summed E-state index contributed by atoms with van der Waals surface area (Å²) < 4.78 is 0. The highest BCUT2D eigenvalue weighted by atomic mass is 15.0. The minimum absolute atomic E-state index is 0.176. The van der Waals surface area contributed by atoms with Gasteiger partial charge in [0.2, 0.25) is 0 Å². The fourth-order valence-electron chi connectivity index (χ4n) is 0.626. The van der Waals surface area contributed by atoms with Crippen molar-refractivity contribution in [3.63, 3.8) is 0 Å². The van der Waals surface area contributed by atoms with Crippen LogP contribution in [0.5, 0.6) is 0 Å². The quantitative estimate of drug-likeness (QED) is 0.528. The van der Waals surface area contributed by atoms with Crippen LogP contribution in [0.25, 0.3) is 0 Å². The van der Waals surface area contributed by atoms with Gasteiger partial charge in [0.05, 0.1) is 6.17 Å². The summed E-state index contributed by atoms with van der Waals surface area (Å²) in [5, 5.41) is 2.97. The number of nitrogens with two attached hydrogens (primary N) is 1. The van der Waals surface area contributed by atoms with Crippen molar-refractivity contribution in [2.24, 2.45) is 11.7 Å². The van der Waals surface area contributed by atoms with Crippen molar-refractivity contribution < 1.29 is 0 Å². The number of rotatable bonds is 3. The molecule has 0 saturated heterocycles. The first-order chi connectivity index (χ1) is 3.66. The molecule has 1 atom stereocenters. The van der Waals surface area contributed by atoms with Gasteiger partial charge in [-0.05, 0) is 19.4 Å². The molecule has 0 aromatic rings. The Kier molecular flexibility index (Phi) is 3.83. The summed E-state index contributed by atoms with van der Waals surface area (Å²) in [6.07, 6.45) is 1.23. The van der Waals surface area contributed by atoms with E-state index in [9.17, 15) is 0 Å². The normalized spacial score (nSPS) is 14.6. The Balaban J connectivity index is 3.10. The topological polar surface area (TPSA) is 38.0 Å². The molecule has 0 bridgehead atoms. The Hall–Kier alpha value is -0.0800. The fourth-order valence-corrected chi connectivity index (χ4v) is 0.626. The average Bonchev–Trinajstić information content (AvgIpc) is 1.65. The highest BCUT2D eigenvalue weighted by molar-refractivity contribution is 4.56. The monoisotopic (exact) mass is 116 g/mol. The third-order valence-corrected chi connectivity index (χ3v) is 1.10. The van der Waals surface area contributed by atoms with Gasteiger partial charge in [-0.3, -0.25) is 0 Å². The van der Waals surface area contributed by atoms with Crippen LogP contribution in [0.15, 0.2) is 0 Å². The van der Waals surface area contributed by atoms with Gasteiger partial charge in [-0.1, -0.05) is 13.8 Å². The van der Waals surface area contributed by atoms with E-state index < -0.39 is 0 Å². The molecule has 2 heteroatoms. The Morgan fingerprint density at radius 2 is 2.00 bits per heavy atom. The predicted molar refractivity (Wildman–Crippen MR) is 36.5 cm³/mol. The SMILES string of the molecule is CNC(N)CC(C)C. The summed E-state index contributed by atoms with van der Waals surface area (Å²) in [7, 11) is 1.88. The van der Waals surface area contributed by atoms with Crippen LogP contribution in [0, 0.1) is 5.92 Å². The van der Waals surface area contributed by atoms with Crippen molar-refractivity contribution in [2.75, 3.05) is 7.05 Å². The molecule has 2 nitrogen and oxygen atoms in total. The molecule has 1 unspecified atom stereocenters. The maximum atomic E-state index is 5.56. The third kappa shape index (κ3) is 4.09. The van der Waals surface area contributed by atoms with Crippen molar-refractivity contribution in [3.05, 3.63) is 0 Å². The first kappa shape index (κ1) is 7.92. The van der Waals surface area contributed by atoms with E-state index >= 15 is 0 Å². The van der Waals surface area contributed by atoms with E-state index in [0.29, 0.717) is 5.92 Å². The molecule has 0 aromatic carbocycles. The zero-order chi connectivity index (χ0) is 6.57. The summed E-state index contributed by atoms with van der Waals surface area (Å²) >= 11 is 0. The van der Waals surface area contributed by atoms with E-state index in [0.717, 1.165) is 6.42 Å². The first-order valence-electron chi connectivity index (χ1n) is 3.09. The lowest BCUT2D eigenvalue weighted by molar-refractivity contribution is 0.454. The van der Waals surface area contributed by atoms with Crippen molar-refractivity contribution >= 4 is 0 Å². The number of hydrogen-bond donors (Lipinski definition) is 2. The van der Waals surface area contributed by atoms with Crippen LogP contribution < -0.4 is 11.1 Å². The van der Waals surface area contributed by atoms with Gasteiger partial charge >= 0.3 is 0 Å². The Morgan fingerprint density at radius 3 is 2.12 bits per heavy atom. The second-order valence-electron chi connectivity index (χ2n) is 2.52. The molecule has 0 amide bonds. The Labute approximate surface area is 51.5 Å². The Bertz CT molecular complexity index is 52.5. The minimum Gasteiger partial charge on any atom is -0.316 e. The Morgan fingerprint density at radius 1 is 1.50 bits per heavy atom. The van der Waals surface area contributed by atoms with Gasteiger partial charge in [-0.15, -0.1) is 0 Å². The second-order valence-corrected chi connectivity index (χ2v) is 2.52. The molecular weight excluding hydrogens is 100 g/mol. The molecule has 0 rings (SSSR count). The molecule has 3 N–H and O–H groups in total. The molecule has 0 aliphatic rings. The van der Waals surface area contributed by atoms with Gasteiger partial charge in [-0.25, -0.2) is 0 Å². The zero-order valence-corrected chi connectivity index (χ0v) is 5.94. The first-order valence-corrected chi connectivity index (χ1v) is 3.09. The standard InChI is InChI=1S/C6H16N2/c1-5(2)4-6(7)8-3/h5-6,8H,4,7H2,1-3H3. The molecule has 0 saturated carbocycles. The lowest BCUT2D eigenvalue weighted by Crippen LogP contribution is -2.35. The molecule has 0 radical (unpaired) electrons.